The summed E-state index contributed by atoms with van der Waals surface area (Å²) in [4.78, 5) is 13.8. The lowest BCUT2D eigenvalue weighted by molar-refractivity contribution is 0.103. The third-order valence-electron chi connectivity index (χ3n) is 2.59. The number of thiophene rings is 1. The van der Waals surface area contributed by atoms with Crippen LogP contribution in [0.5, 0.6) is 0 Å². The normalized spacial score (nSPS) is 10.2. The number of hydrogen-bond acceptors (Lipinski definition) is 3. The van der Waals surface area contributed by atoms with Crippen molar-refractivity contribution in [1.29, 1.82) is 0 Å². The number of nitrogens with two attached hydrogens (primary N) is 1. The van der Waals surface area contributed by atoms with Gasteiger partial charge < -0.3 is 11.1 Å². The maximum absolute atomic E-state index is 11.9. The molecule has 0 aliphatic heterocycles. The van der Waals surface area contributed by atoms with Gasteiger partial charge in [-0.2, -0.15) is 0 Å². The fraction of sp³-hybridized carbons (Fsp3) is 0.154. The number of nitrogen functional groups attached to an aromatic ring is 1. The quantitative estimate of drug-likeness (QED) is 0.799. The van der Waals surface area contributed by atoms with Crippen molar-refractivity contribution >= 4 is 28.6 Å². The summed E-state index contributed by atoms with van der Waals surface area (Å²) in [7, 11) is 0. The van der Waals surface area contributed by atoms with Gasteiger partial charge in [0, 0.05) is 16.3 Å². The third kappa shape index (κ3) is 2.47. The first-order valence-corrected chi connectivity index (χ1v) is 6.12. The summed E-state index contributed by atoms with van der Waals surface area (Å²) in [6.45, 7) is 3.87. The molecule has 4 heteroatoms. The van der Waals surface area contributed by atoms with Gasteiger partial charge in [0.05, 0.1) is 4.88 Å². The number of amides is 1. The Bertz CT molecular complexity index is 560. The predicted molar refractivity (Wildman–Crippen MR) is 72.6 cm³/mol. The van der Waals surface area contributed by atoms with Crippen molar-refractivity contribution in [2.45, 2.75) is 13.8 Å². The van der Waals surface area contributed by atoms with E-state index in [0.29, 0.717) is 10.6 Å². The Balaban J connectivity index is 2.21. The van der Waals surface area contributed by atoms with Crippen LogP contribution in [-0.4, -0.2) is 5.91 Å². The lowest BCUT2D eigenvalue weighted by Crippen LogP contribution is -2.11. The van der Waals surface area contributed by atoms with Crippen molar-refractivity contribution in [3.8, 4) is 0 Å². The molecule has 1 aromatic heterocycles. The van der Waals surface area contributed by atoms with E-state index >= 15 is 0 Å². The van der Waals surface area contributed by atoms with E-state index in [-0.39, 0.29) is 5.91 Å². The van der Waals surface area contributed by atoms with Gasteiger partial charge in [-0.1, -0.05) is 6.07 Å². The molecule has 1 heterocycles. The SMILES string of the molecule is Cc1ccc(C(=O)Nc2cccc(N)c2C)s1. The van der Waals surface area contributed by atoms with Gasteiger partial charge in [-0.05, 0) is 43.7 Å². The molecule has 0 atom stereocenters. The van der Waals surface area contributed by atoms with Crippen molar-refractivity contribution in [2.24, 2.45) is 0 Å². The molecule has 3 nitrogen and oxygen atoms in total. The van der Waals surface area contributed by atoms with Crippen LogP contribution in [-0.2, 0) is 0 Å². The average Bonchev–Trinajstić information content (AvgIpc) is 2.72. The number of benzene rings is 1. The third-order valence-corrected chi connectivity index (χ3v) is 3.59. The lowest BCUT2D eigenvalue weighted by atomic mass is 10.1. The molecule has 1 amide bonds. The van der Waals surface area contributed by atoms with E-state index in [1.807, 2.05) is 44.2 Å². The molecule has 88 valence electrons. The molecule has 2 aromatic rings. The van der Waals surface area contributed by atoms with Crippen molar-refractivity contribution in [3.05, 3.63) is 45.6 Å². The minimum absolute atomic E-state index is 0.0863. The molecular weight excluding hydrogens is 232 g/mol. The Morgan fingerprint density at radius 3 is 2.65 bits per heavy atom. The summed E-state index contributed by atoms with van der Waals surface area (Å²) in [5.41, 5.74) is 8.14. The first kappa shape index (κ1) is 11.7. The van der Waals surface area contributed by atoms with Crippen molar-refractivity contribution in [2.75, 3.05) is 11.1 Å². The number of anilines is 2. The fourth-order valence-corrected chi connectivity index (χ4v) is 2.29. The summed E-state index contributed by atoms with van der Waals surface area (Å²) in [5, 5.41) is 2.87. The Hall–Kier alpha value is -1.81. The molecular formula is C13H14N2OS. The largest absolute Gasteiger partial charge is 0.398 e. The summed E-state index contributed by atoms with van der Waals surface area (Å²) >= 11 is 1.48. The molecule has 0 unspecified atom stereocenters. The number of aryl methyl sites for hydroxylation is 1. The van der Waals surface area contributed by atoms with Gasteiger partial charge in [0.1, 0.15) is 0 Å². The second-order valence-corrected chi connectivity index (χ2v) is 5.17. The Labute approximate surface area is 104 Å². The topological polar surface area (TPSA) is 55.1 Å². The molecule has 0 aliphatic carbocycles. The molecule has 0 bridgehead atoms. The zero-order valence-electron chi connectivity index (χ0n) is 9.78. The molecule has 0 spiro atoms. The van der Waals surface area contributed by atoms with Gasteiger partial charge in [0.15, 0.2) is 0 Å². The van der Waals surface area contributed by atoms with Gasteiger partial charge in [0.25, 0.3) is 5.91 Å². The van der Waals surface area contributed by atoms with Crippen LogP contribution >= 0.6 is 11.3 Å². The minimum Gasteiger partial charge on any atom is -0.398 e. The van der Waals surface area contributed by atoms with E-state index in [1.165, 1.54) is 11.3 Å². The zero-order valence-corrected chi connectivity index (χ0v) is 10.6. The molecule has 1 aromatic carbocycles. The summed E-state index contributed by atoms with van der Waals surface area (Å²) in [6.07, 6.45) is 0. The van der Waals surface area contributed by atoms with Gasteiger partial charge in [-0.25, -0.2) is 0 Å². The van der Waals surface area contributed by atoms with E-state index in [9.17, 15) is 4.79 Å². The van der Waals surface area contributed by atoms with Crippen LogP contribution < -0.4 is 11.1 Å². The van der Waals surface area contributed by atoms with E-state index in [1.54, 1.807) is 0 Å². The van der Waals surface area contributed by atoms with Gasteiger partial charge in [-0.3, -0.25) is 4.79 Å². The smallest absolute Gasteiger partial charge is 0.265 e. The van der Waals surface area contributed by atoms with Crippen LogP contribution in [0.25, 0.3) is 0 Å². The first-order valence-electron chi connectivity index (χ1n) is 5.31. The molecule has 0 saturated carbocycles. The first-order chi connectivity index (χ1) is 8.08. The van der Waals surface area contributed by atoms with Crippen molar-refractivity contribution < 1.29 is 4.79 Å². The maximum atomic E-state index is 11.9. The van der Waals surface area contributed by atoms with Crippen LogP contribution in [0.3, 0.4) is 0 Å². The molecule has 2 rings (SSSR count). The van der Waals surface area contributed by atoms with Crippen LogP contribution in [0.2, 0.25) is 0 Å². The van der Waals surface area contributed by atoms with Crippen LogP contribution in [0.15, 0.2) is 30.3 Å². The van der Waals surface area contributed by atoms with Crippen LogP contribution in [0, 0.1) is 13.8 Å². The molecule has 0 radical (unpaired) electrons. The highest BCUT2D eigenvalue weighted by Gasteiger charge is 2.10. The minimum atomic E-state index is -0.0863. The second-order valence-electron chi connectivity index (χ2n) is 3.88. The molecule has 0 fully saturated rings. The standard InChI is InChI=1S/C13H14N2OS/c1-8-6-7-12(17-8)13(16)15-11-5-3-4-10(14)9(11)2/h3-7H,14H2,1-2H3,(H,15,16). The molecule has 0 saturated heterocycles. The number of carbonyl (C=O) groups excluding carboxylic acids is 1. The highest BCUT2D eigenvalue weighted by molar-refractivity contribution is 7.14. The zero-order chi connectivity index (χ0) is 12.4. The van der Waals surface area contributed by atoms with E-state index in [4.69, 9.17) is 5.73 Å². The Morgan fingerprint density at radius 2 is 2.00 bits per heavy atom. The Kier molecular flexibility index (Phi) is 3.15. The van der Waals surface area contributed by atoms with Crippen LogP contribution in [0.1, 0.15) is 20.1 Å². The monoisotopic (exact) mass is 246 g/mol. The second kappa shape index (κ2) is 4.59. The van der Waals surface area contributed by atoms with Gasteiger partial charge in [-0.15, -0.1) is 11.3 Å². The van der Waals surface area contributed by atoms with E-state index in [2.05, 4.69) is 5.32 Å². The van der Waals surface area contributed by atoms with Crippen molar-refractivity contribution in [3.63, 3.8) is 0 Å². The molecule has 3 N–H and O–H groups in total. The predicted octanol–water partition coefficient (Wildman–Crippen LogP) is 3.20. The fourth-order valence-electron chi connectivity index (χ4n) is 1.53. The van der Waals surface area contributed by atoms with Crippen LogP contribution in [0.4, 0.5) is 11.4 Å². The average molecular weight is 246 g/mol. The van der Waals surface area contributed by atoms with Crippen molar-refractivity contribution in [1.82, 2.24) is 0 Å². The van der Waals surface area contributed by atoms with Gasteiger partial charge >= 0.3 is 0 Å². The summed E-state index contributed by atoms with van der Waals surface area (Å²) < 4.78 is 0. The number of carbonyl (C=O) groups is 1. The highest BCUT2D eigenvalue weighted by Crippen LogP contribution is 2.22. The summed E-state index contributed by atoms with van der Waals surface area (Å²) in [6, 6.07) is 9.27. The Morgan fingerprint density at radius 1 is 1.24 bits per heavy atom. The number of hydrogen-bond donors (Lipinski definition) is 2. The summed E-state index contributed by atoms with van der Waals surface area (Å²) in [5.74, 6) is -0.0863. The van der Waals surface area contributed by atoms with E-state index < -0.39 is 0 Å². The number of nitrogens with one attached hydrogen (secondary N) is 1. The number of rotatable bonds is 2. The highest BCUT2D eigenvalue weighted by atomic mass is 32.1. The van der Waals surface area contributed by atoms with E-state index in [0.717, 1.165) is 16.1 Å². The molecule has 17 heavy (non-hydrogen) atoms. The lowest BCUT2D eigenvalue weighted by Gasteiger charge is -2.09. The molecule has 0 aliphatic rings. The maximum Gasteiger partial charge on any atom is 0.265 e. The van der Waals surface area contributed by atoms with Gasteiger partial charge in [0.2, 0.25) is 0 Å².